The van der Waals surface area contributed by atoms with Gasteiger partial charge >= 0.3 is 0 Å². The summed E-state index contributed by atoms with van der Waals surface area (Å²) in [7, 11) is 12.8. The molecule has 12 rings (SSSR count). The van der Waals surface area contributed by atoms with Crippen molar-refractivity contribution in [1.29, 1.82) is 0 Å². The summed E-state index contributed by atoms with van der Waals surface area (Å²) in [6, 6.07) is 50.0. The Morgan fingerprint density at radius 1 is 0.207 bits per heavy atom. The first-order valence-corrected chi connectivity index (χ1v) is 31.7. The monoisotopic (exact) mass is 1180 g/mol. The highest BCUT2D eigenvalue weighted by molar-refractivity contribution is 5.85. The van der Waals surface area contributed by atoms with Crippen LogP contribution >= 0.6 is 0 Å². The van der Waals surface area contributed by atoms with E-state index in [2.05, 4.69) is 163 Å². The topological polar surface area (TPSA) is 98.3 Å². The van der Waals surface area contributed by atoms with Crippen LogP contribution in [0.5, 0.6) is 0 Å². The lowest BCUT2D eigenvalue weighted by Gasteiger charge is -2.23. The average Bonchev–Trinajstić information content (AvgIpc) is 4.39. The minimum absolute atomic E-state index is 0.935. The van der Waals surface area contributed by atoms with Crippen LogP contribution in [0.25, 0.3) is 65.8 Å². The lowest BCUT2D eigenvalue weighted by Crippen LogP contribution is -2.25. The number of fused-ring (bicyclic) bond motifs is 6. The van der Waals surface area contributed by atoms with Gasteiger partial charge in [0.25, 0.3) is 0 Å². The largest absolute Gasteiger partial charge is 0.464 e. The van der Waals surface area contributed by atoms with Crippen molar-refractivity contribution in [1.82, 2.24) is 0 Å². The molecule has 0 aliphatic heterocycles. The van der Waals surface area contributed by atoms with Crippen molar-refractivity contribution < 1.29 is 26.5 Å². The van der Waals surface area contributed by atoms with Crippen molar-refractivity contribution in [3.8, 4) is 0 Å². The molecule has 0 atom stereocenters. The second kappa shape index (κ2) is 38.4. The zero-order valence-electron chi connectivity index (χ0n) is 55.8. The first-order chi connectivity index (χ1) is 42.6. The molecule has 0 spiro atoms. The third kappa shape index (κ3) is 20.2. The van der Waals surface area contributed by atoms with E-state index in [1.54, 1.807) is 37.6 Å². The minimum Gasteiger partial charge on any atom is -0.464 e. The summed E-state index contributed by atoms with van der Waals surface area (Å²) in [5.41, 5.74) is 12.8. The van der Waals surface area contributed by atoms with Gasteiger partial charge in [-0.05, 0) is 147 Å². The fourth-order valence-corrected chi connectivity index (χ4v) is 9.53. The number of nitrogens with zero attached hydrogens (tertiary/aromatic N) is 6. The van der Waals surface area contributed by atoms with Crippen LogP contribution in [-0.4, -0.2) is 81.6 Å². The fraction of sp³-hybridized carbons (Fsp3) is 0.360. The maximum absolute atomic E-state index is 5.50. The summed E-state index contributed by atoms with van der Waals surface area (Å²) >= 11 is 0. The Morgan fingerprint density at radius 3 is 0.621 bits per heavy atom. The van der Waals surface area contributed by atoms with Gasteiger partial charge < -0.3 is 55.9 Å². The highest BCUT2D eigenvalue weighted by atomic mass is 16.3. The zero-order valence-corrected chi connectivity index (χ0v) is 55.8. The first-order valence-electron chi connectivity index (χ1n) is 31.7. The smallest absolute Gasteiger partial charge is 0.135 e. The molecule has 0 radical (unpaired) electrons. The molecule has 0 bridgehead atoms. The van der Waals surface area contributed by atoms with Gasteiger partial charge in [0, 0.05) is 166 Å². The quantitative estimate of drug-likeness (QED) is 0.0818. The molecule has 6 aromatic carbocycles. The number of rotatable bonds is 18. The van der Waals surface area contributed by atoms with Crippen LogP contribution in [-0.2, 0) is 0 Å². The second-order valence-electron chi connectivity index (χ2n) is 19.4. The lowest BCUT2D eigenvalue weighted by molar-refractivity contribution is 0.615. The van der Waals surface area contributed by atoms with E-state index >= 15 is 0 Å². The van der Waals surface area contributed by atoms with Gasteiger partial charge in [-0.2, -0.15) is 0 Å². The maximum Gasteiger partial charge on any atom is 0.135 e. The van der Waals surface area contributed by atoms with Gasteiger partial charge in [0.15, 0.2) is 0 Å². The zero-order chi connectivity index (χ0) is 63.7. The first kappa shape index (κ1) is 70.8. The highest BCUT2D eigenvalue weighted by Crippen LogP contribution is 2.28. The van der Waals surface area contributed by atoms with Crippen LogP contribution in [0.3, 0.4) is 0 Å². The predicted molar refractivity (Wildman–Crippen MR) is 379 cm³/mol. The second-order valence-corrected chi connectivity index (χ2v) is 19.4. The Balaban J connectivity index is 0.000000257. The average molecular weight is 1180 g/mol. The number of hydrogen-bond acceptors (Lipinski definition) is 12. The third-order valence-corrected chi connectivity index (χ3v) is 14.2. The van der Waals surface area contributed by atoms with E-state index in [0.717, 1.165) is 124 Å². The minimum atomic E-state index is 0.935. The molecule has 6 heterocycles. The van der Waals surface area contributed by atoms with Gasteiger partial charge in [-0.15, -0.1) is 0 Å². The van der Waals surface area contributed by atoms with E-state index in [4.69, 9.17) is 26.5 Å². The molecule has 6 aromatic heterocycles. The standard InChI is InChI=1S/3C21H22N2O2.6C2H6/c1-22(18-4-6-20-16(14-18)8-12-24-20)10-3-11-23(2)19-5-7-21-17(15-19)9-13-25-21;1-22(18-6-4-16-8-12-24-20(16)14-18)10-3-11-23(2)19-7-5-17-9-13-25-21(17)15-19;1-22(18-6-7-20-17(14-18)9-13-24-20)10-3-11-23(2)19-5-4-16-8-12-25-21(16)15-19;6*1-2/h3*4-9,12-15H,3,10-11H2,1-2H3;6*1-2H3. The van der Waals surface area contributed by atoms with Gasteiger partial charge in [0.2, 0.25) is 0 Å². The number of hydrogen-bond donors (Lipinski definition) is 0. The van der Waals surface area contributed by atoms with Gasteiger partial charge in [-0.25, -0.2) is 0 Å². The van der Waals surface area contributed by atoms with Crippen LogP contribution in [0.15, 0.2) is 210 Å². The van der Waals surface area contributed by atoms with Crippen molar-refractivity contribution >= 4 is 99.9 Å². The van der Waals surface area contributed by atoms with Crippen molar-refractivity contribution in [2.24, 2.45) is 0 Å². The molecule has 0 fully saturated rings. The van der Waals surface area contributed by atoms with E-state index in [0.29, 0.717) is 0 Å². The van der Waals surface area contributed by atoms with Crippen molar-refractivity contribution in [3.63, 3.8) is 0 Å². The van der Waals surface area contributed by atoms with E-state index < -0.39 is 0 Å². The summed E-state index contributed by atoms with van der Waals surface area (Å²) < 4.78 is 32.7. The Hall–Kier alpha value is -8.64. The molecule has 0 amide bonds. The molecule has 468 valence electrons. The van der Waals surface area contributed by atoms with E-state index in [1.165, 1.54) is 34.1 Å². The summed E-state index contributed by atoms with van der Waals surface area (Å²) in [6.45, 7) is 30.0. The number of benzene rings is 6. The van der Waals surface area contributed by atoms with E-state index in [-0.39, 0.29) is 0 Å². The van der Waals surface area contributed by atoms with Gasteiger partial charge in [-0.1, -0.05) is 83.1 Å². The molecule has 12 nitrogen and oxygen atoms in total. The molecular formula is C75H102N6O6. The van der Waals surface area contributed by atoms with Crippen molar-refractivity contribution in [2.75, 3.05) is 111 Å². The van der Waals surface area contributed by atoms with E-state index in [9.17, 15) is 0 Å². The molecule has 0 saturated carbocycles. The molecule has 0 aliphatic rings. The Morgan fingerprint density at radius 2 is 0.391 bits per heavy atom. The normalized spacial score (nSPS) is 10.1. The fourth-order valence-electron chi connectivity index (χ4n) is 9.53. The third-order valence-electron chi connectivity index (χ3n) is 14.2. The molecule has 0 N–H and O–H groups in total. The van der Waals surface area contributed by atoms with Crippen molar-refractivity contribution in [2.45, 2.75) is 102 Å². The summed E-state index contributed by atoms with van der Waals surface area (Å²) in [5, 5.41) is 6.87. The van der Waals surface area contributed by atoms with Gasteiger partial charge in [0.05, 0.1) is 37.6 Å². The molecule has 87 heavy (non-hydrogen) atoms. The number of furan rings is 6. The maximum atomic E-state index is 5.50. The SMILES string of the molecule is CC.CC.CC.CC.CC.CC.CN(CCCN(C)c1ccc2ccoc2c1)c1ccc2ccoc2c1.CN(CCCN(C)c1ccc2ccoc2c1)c1ccc2occc2c1.CN(CCCN(C)c1ccc2occc2c1)c1ccc2occc2c1. The Kier molecular flexibility index (Phi) is 31.3. The molecular weight excluding hydrogens is 1080 g/mol. The van der Waals surface area contributed by atoms with Crippen LogP contribution in [0, 0.1) is 0 Å². The highest BCUT2D eigenvalue weighted by Gasteiger charge is 2.11. The molecule has 12 aromatic rings. The number of anilines is 6. The summed E-state index contributed by atoms with van der Waals surface area (Å²) in [6.07, 6.45) is 13.6. The molecule has 0 aliphatic carbocycles. The van der Waals surface area contributed by atoms with Crippen LogP contribution in [0.2, 0.25) is 0 Å². The van der Waals surface area contributed by atoms with E-state index in [1.807, 2.05) is 138 Å². The van der Waals surface area contributed by atoms with Crippen LogP contribution in [0.1, 0.15) is 102 Å². The van der Waals surface area contributed by atoms with Crippen LogP contribution < -0.4 is 29.4 Å². The summed E-state index contributed by atoms with van der Waals surface area (Å²) in [5.74, 6) is 0. The van der Waals surface area contributed by atoms with Crippen LogP contribution in [0.4, 0.5) is 34.1 Å². The molecule has 0 saturated heterocycles. The predicted octanol–water partition coefficient (Wildman–Crippen LogP) is 21.6. The van der Waals surface area contributed by atoms with Gasteiger partial charge in [-0.3, -0.25) is 0 Å². The Labute approximate surface area is 520 Å². The Bertz CT molecular complexity index is 3100. The van der Waals surface area contributed by atoms with Gasteiger partial charge in [0.1, 0.15) is 33.5 Å². The molecule has 0 unspecified atom stereocenters. The lowest BCUT2D eigenvalue weighted by atomic mass is 10.2. The molecule has 12 heteroatoms. The van der Waals surface area contributed by atoms with Crippen molar-refractivity contribution in [3.05, 3.63) is 183 Å². The summed E-state index contributed by atoms with van der Waals surface area (Å²) in [4.78, 5) is 13.7.